The van der Waals surface area contributed by atoms with Crippen molar-refractivity contribution in [3.05, 3.63) is 12.2 Å². The van der Waals surface area contributed by atoms with Gasteiger partial charge in [0.15, 0.2) is 0 Å². The van der Waals surface area contributed by atoms with Crippen molar-refractivity contribution in [1.29, 1.82) is 0 Å². The number of halogens is 1. The molecule has 0 aromatic carbocycles. The number of carbonyl (C=O) groups excluding carboxylic acids is 2. The Morgan fingerprint density at radius 2 is 1.58 bits per heavy atom. The second kappa shape index (κ2) is 7.21. The summed E-state index contributed by atoms with van der Waals surface area (Å²) in [4.78, 5) is 25.9. The second-order valence-corrected chi connectivity index (χ2v) is 14.6. The molecular weight excluding hydrogens is 428 g/mol. The van der Waals surface area contributed by atoms with Crippen LogP contribution in [0.1, 0.15) is 106 Å². The van der Waals surface area contributed by atoms with Gasteiger partial charge in [0.1, 0.15) is 5.78 Å². The zero-order valence-corrected chi connectivity index (χ0v) is 22.6. The van der Waals surface area contributed by atoms with Gasteiger partial charge in [-0.3, -0.25) is 9.59 Å². The normalized spacial score (nSPS) is 52.8. The lowest BCUT2D eigenvalue weighted by atomic mass is 9.32. The van der Waals surface area contributed by atoms with Gasteiger partial charge in [-0.2, -0.15) is 0 Å². The van der Waals surface area contributed by atoms with Crippen LogP contribution in [0.2, 0.25) is 0 Å². The molecule has 33 heavy (non-hydrogen) atoms. The molecule has 0 heterocycles. The highest BCUT2D eigenvalue weighted by atomic mass is 35.5. The van der Waals surface area contributed by atoms with Gasteiger partial charge in [-0.1, -0.05) is 46.8 Å². The van der Waals surface area contributed by atoms with Gasteiger partial charge in [0.25, 0.3) is 0 Å². The predicted octanol–water partition coefficient (Wildman–Crippen LogP) is 7.98. The van der Waals surface area contributed by atoms with Crippen LogP contribution in [-0.4, -0.2) is 11.0 Å². The molecule has 0 aliphatic heterocycles. The Labute approximate surface area is 206 Å². The van der Waals surface area contributed by atoms with Gasteiger partial charge in [-0.05, 0) is 122 Å². The van der Waals surface area contributed by atoms with Gasteiger partial charge in [-0.15, -0.1) is 0 Å². The van der Waals surface area contributed by atoms with Gasteiger partial charge in [0, 0.05) is 17.3 Å². The quantitative estimate of drug-likeness (QED) is 0.301. The van der Waals surface area contributed by atoms with E-state index in [9.17, 15) is 9.59 Å². The monoisotopic (exact) mass is 472 g/mol. The van der Waals surface area contributed by atoms with Crippen LogP contribution in [-0.2, 0) is 9.59 Å². The Hall–Kier alpha value is -0.630. The van der Waals surface area contributed by atoms with Crippen molar-refractivity contribution in [3.8, 4) is 0 Å². The summed E-state index contributed by atoms with van der Waals surface area (Å²) in [6.45, 7) is 18.7. The summed E-state index contributed by atoms with van der Waals surface area (Å²) in [5.74, 6) is 2.94. The van der Waals surface area contributed by atoms with Crippen molar-refractivity contribution in [2.24, 2.45) is 56.7 Å². The van der Waals surface area contributed by atoms with Crippen LogP contribution in [0.3, 0.4) is 0 Å². The standard InChI is InChI=1S/C30H45ClO2/c1-18(2)19-10-15-30(25(31)33)17-16-28(6)20(24(19)30)8-9-22-27(5)13-12-23(32)26(3,4)21(27)11-14-29(22,28)7/h19-22,24H,1,8-17H2,2-7H3. The minimum Gasteiger partial charge on any atom is -0.299 e. The number of allylic oxidation sites excluding steroid dienone is 1. The summed E-state index contributed by atoms with van der Waals surface area (Å²) < 4.78 is 0. The molecule has 0 aromatic rings. The average molecular weight is 473 g/mol. The highest BCUT2D eigenvalue weighted by Crippen LogP contribution is 2.77. The van der Waals surface area contributed by atoms with Gasteiger partial charge in [0.2, 0.25) is 5.24 Å². The van der Waals surface area contributed by atoms with E-state index in [1.807, 2.05) is 0 Å². The summed E-state index contributed by atoms with van der Waals surface area (Å²) in [6.07, 6.45) is 10.7. The van der Waals surface area contributed by atoms with Crippen molar-refractivity contribution in [1.82, 2.24) is 0 Å². The number of Topliss-reactive ketones (excluding diaryl/α,β-unsaturated/α-hetero) is 1. The van der Waals surface area contributed by atoms with Gasteiger partial charge >= 0.3 is 0 Å². The van der Waals surface area contributed by atoms with E-state index in [0.29, 0.717) is 35.4 Å². The van der Waals surface area contributed by atoms with E-state index in [-0.39, 0.29) is 32.3 Å². The van der Waals surface area contributed by atoms with E-state index in [2.05, 4.69) is 48.1 Å². The first kappa shape index (κ1) is 24.1. The number of rotatable bonds is 2. The van der Waals surface area contributed by atoms with E-state index in [0.717, 1.165) is 38.5 Å². The highest BCUT2D eigenvalue weighted by Gasteiger charge is 2.71. The van der Waals surface area contributed by atoms with E-state index in [4.69, 9.17) is 11.6 Å². The van der Waals surface area contributed by atoms with Crippen molar-refractivity contribution < 1.29 is 9.59 Å². The number of hydrogen-bond donors (Lipinski definition) is 0. The molecule has 184 valence electrons. The Kier molecular flexibility index (Phi) is 5.26. The summed E-state index contributed by atoms with van der Waals surface area (Å²) >= 11 is 6.42. The lowest BCUT2D eigenvalue weighted by Crippen LogP contribution is -2.66. The first-order chi connectivity index (χ1) is 15.3. The fourth-order valence-electron chi connectivity index (χ4n) is 11.3. The van der Waals surface area contributed by atoms with Gasteiger partial charge in [0.05, 0.1) is 0 Å². The molecule has 0 spiro atoms. The molecule has 0 N–H and O–H groups in total. The van der Waals surface area contributed by atoms with Crippen LogP contribution < -0.4 is 0 Å². The molecule has 9 unspecified atom stereocenters. The summed E-state index contributed by atoms with van der Waals surface area (Å²) in [5.41, 5.74) is 1.42. The van der Waals surface area contributed by atoms with E-state index < -0.39 is 0 Å². The molecule has 2 nitrogen and oxygen atoms in total. The molecule has 5 rings (SSSR count). The molecule has 0 aromatic heterocycles. The third kappa shape index (κ3) is 2.80. The zero-order valence-electron chi connectivity index (χ0n) is 21.9. The first-order valence-corrected chi connectivity index (χ1v) is 14.0. The van der Waals surface area contributed by atoms with Crippen LogP contribution in [0, 0.1) is 56.7 Å². The lowest BCUT2D eigenvalue weighted by molar-refractivity contribution is -0.231. The second-order valence-electron chi connectivity index (χ2n) is 14.3. The third-order valence-electron chi connectivity index (χ3n) is 13.2. The highest BCUT2D eigenvalue weighted by molar-refractivity contribution is 6.64. The predicted molar refractivity (Wildman–Crippen MR) is 135 cm³/mol. The molecule has 5 saturated carbocycles. The molecule has 3 heteroatoms. The van der Waals surface area contributed by atoms with Crippen LogP contribution in [0.4, 0.5) is 0 Å². The number of fused-ring (bicyclic) bond motifs is 7. The molecule has 5 aliphatic carbocycles. The number of carbonyl (C=O) groups is 2. The maximum absolute atomic E-state index is 13.0. The van der Waals surface area contributed by atoms with E-state index >= 15 is 0 Å². The van der Waals surface area contributed by atoms with E-state index in [1.165, 1.54) is 31.3 Å². The Balaban J connectivity index is 1.57. The Morgan fingerprint density at radius 1 is 0.879 bits per heavy atom. The van der Waals surface area contributed by atoms with Crippen molar-refractivity contribution in [3.63, 3.8) is 0 Å². The van der Waals surface area contributed by atoms with Gasteiger partial charge in [-0.25, -0.2) is 0 Å². The maximum Gasteiger partial charge on any atom is 0.228 e. The molecule has 5 aliphatic rings. The molecule has 5 fully saturated rings. The largest absolute Gasteiger partial charge is 0.299 e. The minimum atomic E-state index is -0.334. The van der Waals surface area contributed by atoms with Crippen LogP contribution in [0.15, 0.2) is 12.2 Å². The number of hydrogen-bond acceptors (Lipinski definition) is 2. The smallest absolute Gasteiger partial charge is 0.228 e. The lowest BCUT2D eigenvalue weighted by Gasteiger charge is -2.72. The molecule has 9 atom stereocenters. The first-order valence-electron chi connectivity index (χ1n) is 13.6. The SMILES string of the molecule is C=C(C)C1CCC2(C(=O)Cl)CCC3(C)C(CCC4C5(C)CCC(=O)C(C)(C)C5CCC43C)C12. The number of ketones is 1. The molecule has 0 saturated heterocycles. The average Bonchev–Trinajstić information content (AvgIpc) is 3.13. The summed E-state index contributed by atoms with van der Waals surface area (Å²) in [6, 6.07) is 0. The maximum atomic E-state index is 13.0. The third-order valence-corrected chi connectivity index (χ3v) is 13.6. The summed E-state index contributed by atoms with van der Waals surface area (Å²) in [7, 11) is 0. The van der Waals surface area contributed by atoms with Crippen LogP contribution >= 0.6 is 11.6 Å². The van der Waals surface area contributed by atoms with Crippen molar-refractivity contribution in [2.45, 2.75) is 106 Å². The Morgan fingerprint density at radius 3 is 2.21 bits per heavy atom. The van der Waals surface area contributed by atoms with Crippen molar-refractivity contribution in [2.75, 3.05) is 0 Å². The topological polar surface area (TPSA) is 34.1 Å². The summed E-state index contributed by atoms with van der Waals surface area (Å²) in [5, 5.41) is -0.0752. The molecular formula is C30H45ClO2. The molecule has 0 bridgehead atoms. The van der Waals surface area contributed by atoms with Gasteiger partial charge < -0.3 is 0 Å². The van der Waals surface area contributed by atoms with Crippen LogP contribution in [0.5, 0.6) is 0 Å². The van der Waals surface area contributed by atoms with E-state index in [1.54, 1.807) is 0 Å². The molecule has 0 amide bonds. The van der Waals surface area contributed by atoms with Crippen molar-refractivity contribution >= 4 is 22.6 Å². The minimum absolute atomic E-state index is 0.0752. The molecule has 0 radical (unpaired) electrons. The zero-order chi connectivity index (χ0) is 24.2. The Bertz CT molecular complexity index is 905. The fraction of sp³-hybridized carbons (Fsp3) is 0.867. The van der Waals surface area contributed by atoms with Crippen LogP contribution in [0.25, 0.3) is 0 Å². The fourth-order valence-corrected chi connectivity index (χ4v) is 11.6.